The molecule has 3 rings (SSSR count). The zero-order chi connectivity index (χ0) is 10.3. The van der Waals surface area contributed by atoms with Crippen LogP contribution in [0.3, 0.4) is 0 Å². The largest absolute Gasteiger partial charge is 0.462 e. The van der Waals surface area contributed by atoms with Gasteiger partial charge in [0.2, 0.25) is 5.91 Å². The van der Waals surface area contributed by atoms with Crippen molar-refractivity contribution in [1.29, 1.82) is 0 Å². The smallest absolute Gasteiger partial charge is 0.227 e. The molecule has 0 atom stereocenters. The first kappa shape index (κ1) is 8.53. The summed E-state index contributed by atoms with van der Waals surface area (Å²) in [6.07, 6.45) is 3.27. The molecule has 1 amide bonds. The molecule has 1 aromatic heterocycles. The van der Waals surface area contributed by atoms with Crippen LogP contribution in [0.2, 0.25) is 0 Å². The molecule has 0 bridgehead atoms. The third-order valence-corrected chi connectivity index (χ3v) is 2.82. The fourth-order valence-corrected chi connectivity index (χ4v) is 2.08. The molecular weight excluding hydrogens is 190 g/mol. The Morgan fingerprint density at radius 1 is 1.27 bits per heavy atom. The van der Waals surface area contributed by atoms with Gasteiger partial charge in [-0.15, -0.1) is 0 Å². The molecule has 0 radical (unpaired) electrons. The predicted molar refractivity (Wildman–Crippen MR) is 57.8 cm³/mol. The summed E-state index contributed by atoms with van der Waals surface area (Å²) in [6.45, 7) is 0.808. The summed E-state index contributed by atoms with van der Waals surface area (Å²) in [5.41, 5.74) is 1.75. The molecular formula is C12H11NO2. The van der Waals surface area contributed by atoms with Crippen LogP contribution in [0, 0.1) is 0 Å². The van der Waals surface area contributed by atoms with Gasteiger partial charge in [-0.1, -0.05) is 12.1 Å². The van der Waals surface area contributed by atoms with Crippen molar-refractivity contribution in [3.8, 4) is 0 Å². The lowest BCUT2D eigenvalue weighted by Gasteiger charge is -2.12. The monoisotopic (exact) mass is 201 g/mol. The standard InChI is InChI=1S/C12H11NO2/c14-12-6-3-7-13(12)10-8-15-11-5-2-1-4-9(10)11/h1-2,4-5,8H,3,6-7H2. The van der Waals surface area contributed by atoms with Gasteiger partial charge in [-0.05, 0) is 18.6 Å². The summed E-state index contributed by atoms with van der Waals surface area (Å²) in [6, 6.07) is 7.79. The maximum Gasteiger partial charge on any atom is 0.227 e. The van der Waals surface area contributed by atoms with E-state index in [1.54, 1.807) is 6.26 Å². The zero-order valence-electron chi connectivity index (χ0n) is 8.27. The van der Waals surface area contributed by atoms with E-state index in [2.05, 4.69) is 0 Å². The minimum absolute atomic E-state index is 0.196. The van der Waals surface area contributed by atoms with Crippen LogP contribution in [0.5, 0.6) is 0 Å². The molecule has 1 aliphatic heterocycles. The number of rotatable bonds is 1. The summed E-state index contributed by atoms with van der Waals surface area (Å²) < 4.78 is 5.42. The van der Waals surface area contributed by atoms with Gasteiger partial charge in [-0.2, -0.15) is 0 Å². The zero-order valence-corrected chi connectivity index (χ0v) is 8.27. The van der Waals surface area contributed by atoms with Gasteiger partial charge in [0, 0.05) is 18.4 Å². The number of hydrogen-bond donors (Lipinski definition) is 0. The third kappa shape index (κ3) is 1.23. The van der Waals surface area contributed by atoms with Crippen LogP contribution in [-0.4, -0.2) is 12.5 Å². The number of carbonyl (C=O) groups is 1. The fraction of sp³-hybridized carbons (Fsp3) is 0.250. The van der Waals surface area contributed by atoms with Crippen LogP contribution in [-0.2, 0) is 4.79 Å². The Kier molecular flexibility index (Phi) is 1.78. The molecule has 76 valence electrons. The number of nitrogens with zero attached hydrogens (tertiary/aromatic N) is 1. The molecule has 0 aliphatic carbocycles. The van der Waals surface area contributed by atoms with Crippen LogP contribution >= 0.6 is 0 Å². The van der Waals surface area contributed by atoms with Crippen LogP contribution in [0.15, 0.2) is 34.9 Å². The van der Waals surface area contributed by atoms with Gasteiger partial charge in [0.15, 0.2) is 0 Å². The molecule has 2 aromatic rings. The van der Waals surface area contributed by atoms with Crippen molar-refractivity contribution >= 4 is 22.6 Å². The Hall–Kier alpha value is -1.77. The summed E-state index contributed by atoms with van der Waals surface area (Å²) in [5, 5.41) is 1.02. The van der Waals surface area contributed by atoms with Crippen molar-refractivity contribution in [2.24, 2.45) is 0 Å². The number of anilines is 1. The maximum atomic E-state index is 11.6. The third-order valence-electron chi connectivity index (χ3n) is 2.82. The molecule has 0 N–H and O–H groups in total. The Morgan fingerprint density at radius 3 is 2.93 bits per heavy atom. The van der Waals surface area contributed by atoms with Gasteiger partial charge >= 0.3 is 0 Å². The van der Waals surface area contributed by atoms with Crippen molar-refractivity contribution in [2.45, 2.75) is 12.8 Å². The van der Waals surface area contributed by atoms with Crippen molar-refractivity contribution < 1.29 is 9.21 Å². The van der Waals surface area contributed by atoms with Gasteiger partial charge in [0.05, 0.1) is 5.69 Å². The van der Waals surface area contributed by atoms with Gasteiger partial charge in [0.1, 0.15) is 11.8 Å². The lowest BCUT2D eigenvalue weighted by molar-refractivity contribution is -0.117. The van der Waals surface area contributed by atoms with Crippen LogP contribution < -0.4 is 4.90 Å². The highest BCUT2D eigenvalue weighted by molar-refractivity contribution is 6.03. The van der Waals surface area contributed by atoms with E-state index in [1.165, 1.54) is 0 Å². The molecule has 15 heavy (non-hydrogen) atoms. The topological polar surface area (TPSA) is 33.5 Å². The minimum Gasteiger partial charge on any atom is -0.462 e. The molecule has 0 saturated carbocycles. The number of para-hydroxylation sites is 1. The first-order valence-corrected chi connectivity index (χ1v) is 5.13. The number of fused-ring (bicyclic) bond motifs is 1. The molecule has 3 nitrogen and oxygen atoms in total. The Morgan fingerprint density at radius 2 is 2.13 bits per heavy atom. The molecule has 1 saturated heterocycles. The summed E-state index contributed by atoms with van der Waals surface area (Å²) in [5.74, 6) is 0.196. The van der Waals surface area contributed by atoms with Crippen molar-refractivity contribution in [2.75, 3.05) is 11.4 Å². The van der Waals surface area contributed by atoms with Gasteiger partial charge in [-0.3, -0.25) is 4.79 Å². The Bertz CT molecular complexity index is 515. The van der Waals surface area contributed by atoms with Crippen molar-refractivity contribution in [3.05, 3.63) is 30.5 Å². The summed E-state index contributed by atoms with van der Waals surface area (Å²) in [7, 11) is 0. The van der Waals surface area contributed by atoms with E-state index in [1.807, 2.05) is 29.2 Å². The lowest BCUT2D eigenvalue weighted by atomic mass is 10.2. The van der Waals surface area contributed by atoms with E-state index < -0.39 is 0 Å². The van der Waals surface area contributed by atoms with Gasteiger partial charge in [-0.25, -0.2) is 0 Å². The second-order valence-electron chi connectivity index (χ2n) is 3.77. The molecule has 2 heterocycles. The normalized spacial score (nSPS) is 16.5. The molecule has 1 fully saturated rings. The van der Waals surface area contributed by atoms with E-state index in [-0.39, 0.29) is 5.91 Å². The van der Waals surface area contributed by atoms with Gasteiger partial charge < -0.3 is 9.32 Å². The number of amides is 1. The highest BCUT2D eigenvalue weighted by atomic mass is 16.3. The maximum absolute atomic E-state index is 11.6. The molecule has 3 heteroatoms. The molecule has 1 aromatic carbocycles. The first-order chi connectivity index (χ1) is 7.36. The molecule has 0 unspecified atom stereocenters. The highest BCUT2D eigenvalue weighted by Gasteiger charge is 2.24. The summed E-state index contributed by atoms with van der Waals surface area (Å²) in [4.78, 5) is 13.4. The number of hydrogen-bond acceptors (Lipinski definition) is 2. The molecule has 0 spiro atoms. The highest BCUT2D eigenvalue weighted by Crippen LogP contribution is 2.31. The Labute approximate surface area is 87.3 Å². The fourth-order valence-electron chi connectivity index (χ4n) is 2.08. The van der Waals surface area contributed by atoms with Gasteiger partial charge in [0.25, 0.3) is 0 Å². The van der Waals surface area contributed by atoms with E-state index in [4.69, 9.17) is 4.42 Å². The van der Waals surface area contributed by atoms with E-state index in [0.717, 1.165) is 29.6 Å². The number of furan rings is 1. The second-order valence-corrected chi connectivity index (χ2v) is 3.77. The number of benzene rings is 1. The second kappa shape index (κ2) is 3.12. The van der Waals surface area contributed by atoms with E-state index in [0.29, 0.717) is 6.42 Å². The molecule has 1 aliphatic rings. The minimum atomic E-state index is 0.196. The summed E-state index contributed by atoms with van der Waals surface area (Å²) >= 11 is 0. The lowest BCUT2D eigenvalue weighted by Crippen LogP contribution is -2.23. The number of carbonyl (C=O) groups excluding carboxylic acids is 1. The Balaban J connectivity index is 2.14. The van der Waals surface area contributed by atoms with E-state index >= 15 is 0 Å². The van der Waals surface area contributed by atoms with Crippen molar-refractivity contribution in [1.82, 2.24) is 0 Å². The average Bonchev–Trinajstić information content (AvgIpc) is 2.83. The predicted octanol–water partition coefficient (Wildman–Crippen LogP) is 2.56. The average molecular weight is 201 g/mol. The van der Waals surface area contributed by atoms with Crippen molar-refractivity contribution in [3.63, 3.8) is 0 Å². The van der Waals surface area contributed by atoms with Crippen LogP contribution in [0.1, 0.15) is 12.8 Å². The van der Waals surface area contributed by atoms with E-state index in [9.17, 15) is 4.79 Å². The first-order valence-electron chi connectivity index (χ1n) is 5.13. The SMILES string of the molecule is O=C1CCCN1c1coc2ccccc12. The quantitative estimate of drug-likeness (QED) is 0.710. The van der Waals surface area contributed by atoms with Crippen LogP contribution in [0.4, 0.5) is 5.69 Å². The van der Waals surface area contributed by atoms with Crippen LogP contribution in [0.25, 0.3) is 11.0 Å².